The maximum atomic E-state index is 14.0. The van der Waals surface area contributed by atoms with E-state index in [4.69, 9.17) is 10.5 Å². The lowest BCUT2D eigenvalue weighted by Gasteiger charge is -2.41. The maximum absolute atomic E-state index is 14.0. The van der Waals surface area contributed by atoms with E-state index in [1.807, 2.05) is 36.4 Å². The zero-order chi connectivity index (χ0) is 31.8. The Morgan fingerprint density at radius 2 is 1.42 bits per heavy atom. The molecular weight excluding hydrogens is 588 g/mol. The van der Waals surface area contributed by atoms with Crippen LogP contribution in [0.15, 0.2) is 102 Å². The summed E-state index contributed by atoms with van der Waals surface area (Å²) in [6.45, 7) is 5.84. The Morgan fingerprint density at radius 1 is 0.844 bits per heavy atom. The molecule has 11 heteroatoms. The summed E-state index contributed by atoms with van der Waals surface area (Å²) in [6, 6.07) is 26.2. The fraction of sp³-hybridized carbons (Fsp3) is 0.265. The van der Waals surface area contributed by atoms with Crippen molar-refractivity contribution in [1.29, 1.82) is 0 Å². The molecule has 1 aliphatic heterocycles. The molecule has 0 bridgehead atoms. The second-order valence-corrected chi connectivity index (χ2v) is 11.5. The van der Waals surface area contributed by atoms with Crippen LogP contribution in [0.25, 0.3) is 0 Å². The van der Waals surface area contributed by atoms with Gasteiger partial charge in [0.05, 0.1) is 23.8 Å². The number of pyridine rings is 2. The molecule has 3 heterocycles. The number of nitrogen functional groups attached to an aromatic ring is 1. The van der Waals surface area contributed by atoms with Gasteiger partial charge >= 0.3 is 5.97 Å². The van der Waals surface area contributed by atoms with E-state index in [1.165, 1.54) is 27.8 Å². The largest absolute Gasteiger partial charge is 0.462 e. The van der Waals surface area contributed by atoms with Crippen molar-refractivity contribution in [2.45, 2.75) is 31.0 Å². The highest BCUT2D eigenvalue weighted by atomic mass is 32.2. The lowest BCUT2D eigenvalue weighted by molar-refractivity contribution is -0.136. The number of hydrogen-bond acceptors (Lipinski definition) is 9. The predicted octanol–water partition coefficient (Wildman–Crippen LogP) is 4.71. The van der Waals surface area contributed by atoms with Gasteiger partial charge < -0.3 is 15.4 Å². The van der Waals surface area contributed by atoms with Crippen molar-refractivity contribution in [2.24, 2.45) is 0 Å². The first-order valence-electron chi connectivity index (χ1n) is 14.9. The number of benzene rings is 2. The first kappa shape index (κ1) is 31.7. The summed E-state index contributed by atoms with van der Waals surface area (Å²) in [6.07, 6.45) is 3.02. The fourth-order valence-electron chi connectivity index (χ4n) is 5.38. The van der Waals surface area contributed by atoms with E-state index >= 15 is 0 Å². The Hall–Kier alpha value is -4.74. The van der Waals surface area contributed by atoms with Crippen molar-refractivity contribution < 1.29 is 19.1 Å². The summed E-state index contributed by atoms with van der Waals surface area (Å²) < 4.78 is 6.53. The van der Waals surface area contributed by atoms with Gasteiger partial charge in [0.15, 0.2) is 0 Å². The van der Waals surface area contributed by atoms with E-state index in [9.17, 15) is 14.4 Å². The Labute approximate surface area is 267 Å². The minimum absolute atomic E-state index is 0.0425. The van der Waals surface area contributed by atoms with Crippen LogP contribution in [0.1, 0.15) is 51.7 Å². The van der Waals surface area contributed by atoms with Crippen LogP contribution >= 0.6 is 11.9 Å². The Morgan fingerprint density at radius 3 is 2.00 bits per heavy atom. The van der Waals surface area contributed by atoms with Gasteiger partial charge in [0, 0.05) is 50.5 Å². The van der Waals surface area contributed by atoms with Crippen molar-refractivity contribution >= 4 is 35.5 Å². The molecule has 0 saturated carbocycles. The van der Waals surface area contributed by atoms with Crippen LogP contribution in [0.3, 0.4) is 0 Å². The summed E-state index contributed by atoms with van der Waals surface area (Å²) in [5, 5.41) is 0.241. The average Bonchev–Trinajstić information content (AvgIpc) is 3.08. The molecule has 2 aromatic carbocycles. The number of ether oxygens (including phenoxy) is 1. The van der Waals surface area contributed by atoms with Gasteiger partial charge in [0.2, 0.25) is 5.91 Å². The number of nitrogens with two attached hydrogens (primary N) is 1. The normalized spacial score (nSPS) is 14.2. The number of nitrogens with zero attached hydrogens (tertiary/aromatic N) is 5. The van der Waals surface area contributed by atoms with Crippen LogP contribution in [-0.2, 0) is 9.53 Å². The molecule has 10 nitrogen and oxygen atoms in total. The summed E-state index contributed by atoms with van der Waals surface area (Å²) in [5.41, 5.74) is 8.79. The Balaban J connectivity index is 1.38. The maximum Gasteiger partial charge on any atom is 0.340 e. The molecule has 4 aromatic rings. The molecule has 1 aliphatic rings. The van der Waals surface area contributed by atoms with E-state index in [2.05, 4.69) is 39.1 Å². The molecule has 5 rings (SSSR count). The van der Waals surface area contributed by atoms with Crippen molar-refractivity contribution in [3.8, 4) is 0 Å². The van der Waals surface area contributed by atoms with E-state index in [-0.39, 0.29) is 40.5 Å². The number of anilines is 1. The van der Waals surface area contributed by atoms with Crippen LogP contribution in [0, 0.1) is 0 Å². The molecule has 1 saturated heterocycles. The molecule has 232 valence electrons. The second-order valence-electron chi connectivity index (χ2n) is 10.5. The Kier molecular flexibility index (Phi) is 10.4. The number of rotatable bonds is 10. The quantitative estimate of drug-likeness (QED) is 0.198. The van der Waals surface area contributed by atoms with Gasteiger partial charge in [-0.05, 0) is 49.2 Å². The van der Waals surface area contributed by atoms with Crippen LogP contribution in [0.2, 0.25) is 0 Å². The summed E-state index contributed by atoms with van der Waals surface area (Å²) in [4.78, 5) is 53.2. The third-order valence-electron chi connectivity index (χ3n) is 7.65. The van der Waals surface area contributed by atoms with Crippen molar-refractivity contribution in [3.63, 3.8) is 0 Å². The third-order valence-corrected chi connectivity index (χ3v) is 8.83. The number of esters is 1. The molecule has 0 radical (unpaired) electrons. The first-order chi connectivity index (χ1) is 21.9. The van der Waals surface area contributed by atoms with Crippen molar-refractivity contribution in [2.75, 3.05) is 38.5 Å². The lowest BCUT2D eigenvalue weighted by Crippen LogP contribution is -2.54. The summed E-state index contributed by atoms with van der Waals surface area (Å²) in [7, 11) is 0. The van der Waals surface area contributed by atoms with Crippen LogP contribution in [0.5, 0.6) is 0 Å². The van der Waals surface area contributed by atoms with Gasteiger partial charge in [-0.1, -0.05) is 60.7 Å². The minimum Gasteiger partial charge on any atom is -0.462 e. The van der Waals surface area contributed by atoms with E-state index < -0.39 is 17.9 Å². The average molecular weight is 625 g/mol. The minimum atomic E-state index is -0.912. The van der Waals surface area contributed by atoms with E-state index in [0.717, 1.165) is 11.9 Å². The molecular formula is C34H36N6O4S. The molecule has 1 fully saturated rings. The highest BCUT2D eigenvalue weighted by molar-refractivity contribution is 7.97. The molecule has 0 aliphatic carbocycles. The number of hydrogen-bond donors (Lipinski definition) is 1. The van der Waals surface area contributed by atoms with Crippen LogP contribution in [0.4, 0.5) is 5.82 Å². The fourth-order valence-corrected chi connectivity index (χ4v) is 6.36. The van der Waals surface area contributed by atoms with E-state index in [0.29, 0.717) is 26.2 Å². The molecule has 2 amide bonds. The van der Waals surface area contributed by atoms with Gasteiger partial charge in [-0.15, -0.1) is 0 Å². The molecule has 0 spiro atoms. The predicted molar refractivity (Wildman–Crippen MR) is 173 cm³/mol. The highest BCUT2D eigenvalue weighted by Gasteiger charge is 2.36. The van der Waals surface area contributed by atoms with Gasteiger partial charge in [0.25, 0.3) is 5.91 Å². The van der Waals surface area contributed by atoms with Crippen molar-refractivity contribution in [1.82, 2.24) is 24.1 Å². The molecule has 45 heavy (non-hydrogen) atoms. The standard InChI is InChI=1S/C34H36N6O4S/c1-3-44-34(43)28-17-11-19-37-31(28)45-40(33(42)27-16-10-18-36-30(27)35)24(2)32(41)39-22-20-38(21-23-39)29(25-12-6-4-7-13-25)26-14-8-5-9-15-26/h4-19,24,29H,3,20-23H2,1-2H3,(H2,35,36)/t24-/m1/s1. The second kappa shape index (κ2) is 14.8. The van der Waals surface area contributed by atoms with Gasteiger partial charge in [0.1, 0.15) is 16.9 Å². The van der Waals surface area contributed by atoms with Crippen molar-refractivity contribution in [3.05, 3.63) is 120 Å². The summed E-state index contributed by atoms with van der Waals surface area (Å²) in [5.74, 6) is -1.26. The Bertz CT molecular complexity index is 1580. The number of piperazine rings is 1. The zero-order valence-electron chi connectivity index (χ0n) is 25.3. The molecule has 2 aromatic heterocycles. The monoisotopic (exact) mass is 624 g/mol. The zero-order valence-corrected chi connectivity index (χ0v) is 26.1. The van der Waals surface area contributed by atoms with Gasteiger partial charge in [-0.3, -0.25) is 18.8 Å². The van der Waals surface area contributed by atoms with Gasteiger partial charge in [-0.2, -0.15) is 0 Å². The molecule has 0 unspecified atom stereocenters. The first-order valence-corrected chi connectivity index (χ1v) is 15.6. The molecule has 2 N–H and O–H groups in total. The smallest absolute Gasteiger partial charge is 0.340 e. The third kappa shape index (κ3) is 7.33. The topological polar surface area (TPSA) is 122 Å². The summed E-state index contributed by atoms with van der Waals surface area (Å²) >= 11 is 0.912. The number of carbonyl (C=O) groups excluding carboxylic acids is 3. The van der Waals surface area contributed by atoms with Crippen LogP contribution < -0.4 is 5.73 Å². The lowest BCUT2D eigenvalue weighted by atomic mass is 9.96. The SMILES string of the molecule is CCOC(=O)c1cccnc1SN(C(=O)c1cccnc1N)[C@H](C)C(=O)N1CCN(C(c2ccccc2)c2ccccc2)CC1. The molecule has 1 atom stereocenters. The number of carbonyl (C=O) groups is 3. The highest BCUT2D eigenvalue weighted by Crippen LogP contribution is 2.32. The van der Waals surface area contributed by atoms with Crippen LogP contribution in [-0.4, -0.2) is 80.7 Å². The number of aromatic nitrogens is 2. The van der Waals surface area contributed by atoms with Gasteiger partial charge in [-0.25, -0.2) is 14.8 Å². The van der Waals surface area contributed by atoms with E-state index in [1.54, 1.807) is 43.0 Å². The number of amides is 2.